The standard InChI is InChI=1S/C39H78NO8P/c1-6-8-10-12-14-15-16-17-18-19-20-21-22-23-24-26-27-29-31-38(41)45-35-37(36-47-49(43,44)46-34-33-40(3,4)5)48-39(42)32-30-28-25-13-11-9-7-2/h37H,6-36H2,1-5H3/t37-/m0/s1. The highest BCUT2D eigenvalue weighted by molar-refractivity contribution is 7.45. The summed E-state index contributed by atoms with van der Waals surface area (Å²) in [7, 11) is 1.18. The predicted molar refractivity (Wildman–Crippen MR) is 199 cm³/mol. The maximum atomic E-state index is 12.5. The molecule has 0 aromatic carbocycles. The van der Waals surface area contributed by atoms with Crippen LogP contribution in [0.3, 0.4) is 0 Å². The van der Waals surface area contributed by atoms with E-state index in [-0.39, 0.29) is 32.0 Å². The summed E-state index contributed by atoms with van der Waals surface area (Å²) in [6.45, 7) is 4.19. The smallest absolute Gasteiger partial charge is 0.306 e. The number of hydrogen-bond acceptors (Lipinski definition) is 8. The molecule has 0 N–H and O–H groups in total. The van der Waals surface area contributed by atoms with Crippen LogP contribution in [0.5, 0.6) is 0 Å². The Labute approximate surface area is 302 Å². The SMILES string of the molecule is CCCCCCCCCCCCCCCCCCCCC(=O)OC[C@@H](COP(=O)([O-])OCC[N+](C)(C)C)OC(=O)CCCCCCCCC. The van der Waals surface area contributed by atoms with E-state index in [1.807, 2.05) is 21.1 Å². The van der Waals surface area contributed by atoms with Gasteiger partial charge in [0.2, 0.25) is 0 Å². The molecule has 0 heterocycles. The van der Waals surface area contributed by atoms with Crippen molar-refractivity contribution in [3.63, 3.8) is 0 Å². The average molecular weight is 720 g/mol. The van der Waals surface area contributed by atoms with E-state index in [9.17, 15) is 19.0 Å². The molecule has 0 aliphatic carbocycles. The fraction of sp³-hybridized carbons (Fsp3) is 0.949. The summed E-state index contributed by atoms with van der Waals surface area (Å²) in [6, 6.07) is 0. The normalized spacial score (nSPS) is 13.7. The molecule has 0 saturated carbocycles. The van der Waals surface area contributed by atoms with Gasteiger partial charge in [-0.1, -0.05) is 162 Å². The second kappa shape index (κ2) is 32.9. The van der Waals surface area contributed by atoms with Gasteiger partial charge in [0.15, 0.2) is 6.10 Å². The summed E-state index contributed by atoms with van der Waals surface area (Å²) in [5.41, 5.74) is 0. The molecule has 0 spiro atoms. The summed E-state index contributed by atoms with van der Waals surface area (Å²) in [5.74, 6) is -0.831. The first kappa shape index (κ1) is 48.0. The van der Waals surface area contributed by atoms with E-state index >= 15 is 0 Å². The van der Waals surface area contributed by atoms with E-state index in [1.165, 1.54) is 116 Å². The molecule has 9 nitrogen and oxygen atoms in total. The van der Waals surface area contributed by atoms with Gasteiger partial charge in [0.1, 0.15) is 19.8 Å². The Balaban J connectivity index is 4.20. The molecule has 2 atom stereocenters. The number of unbranched alkanes of at least 4 members (excludes halogenated alkanes) is 23. The molecule has 0 aliphatic heterocycles. The second-order valence-electron chi connectivity index (χ2n) is 15.0. The molecule has 1 unspecified atom stereocenters. The summed E-state index contributed by atoms with van der Waals surface area (Å²) in [4.78, 5) is 37.2. The third kappa shape index (κ3) is 36.6. The van der Waals surface area contributed by atoms with E-state index in [0.717, 1.165) is 38.5 Å². The van der Waals surface area contributed by atoms with Gasteiger partial charge in [0.25, 0.3) is 7.82 Å². The third-order valence-electron chi connectivity index (χ3n) is 8.88. The Morgan fingerprint density at radius 1 is 0.551 bits per heavy atom. The second-order valence-corrected chi connectivity index (χ2v) is 16.4. The predicted octanol–water partition coefficient (Wildman–Crippen LogP) is 10.2. The highest BCUT2D eigenvalue weighted by atomic mass is 31.2. The first-order chi connectivity index (χ1) is 23.5. The Hall–Kier alpha value is -0.990. The quantitative estimate of drug-likeness (QED) is 0.0270. The molecule has 0 bridgehead atoms. The van der Waals surface area contributed by atoms with Crippen LogP contribution in [0.25, 0.3) is 0 Å². The summed E-state index contributed by atoms with van der Waals surface area (Å²) in [5, 5.41) is 0. The highest BCUT2D eigenvalue weighted by Crippen LogP contribution is 2.38. The largest absolute Gasteiger partial charge is 0.756 e. The van der Waals surface area contributed by atoms with Gasteiger partial charge in [0, 0.05) is 12.8 Å². The van der Waals surface area contributed by atoms with Crippen LogP contribution in [-0.4, -0.2) is 70.0 Å². The third-order valence-corrected chi connectivity index (χ3v) is 9.84. The molecule has 0 amide bonds. The monoisotopic (exact) mass is 720 g/mol. The number of ether oxygens (including phenoxy) is 2. The van der Waals surface area contributed by atoms with Crippen molar-refractivity contribution in [3.8, 4) is 0 Å². The molecular weight excluding hydrogens is 641 g/mol. The minimum atomic E-state index is -4.60. The van der Waals surface area contributed by atoms with Gasteiger partial charge in [-0.05, 0) is 12.8 Å². The molecule has 0 fully saturated rings. The van der Waals surface area contributed by atoms with Crippen LogP contribution in [0, 0.1) is 0 Å². The summed E-state index contributed by atoms with van der Waals surface area (Å²) in [6.07, 6.45) is 30.1. The van der Waals surface area contributed by atoms with E-state index in [0.29, 0.717) is 17.4 Å². The number of hydrogen-bond donors (Lipinski definition) is 0. The van der Waals surface area contributed by atoms with Crippen LogP contribution in [0.1, 0.15) is 187 Å². The Morgan fingerprint density at radius 3 is 1.31 bits per heavy atom. The molecule has 0 radical (unpaired) electrons. The number of nitrogens with zero attached hydrogens (tertiary/aromatic N) is 1. The molecular formula is C39H78NO8P. The number of phosphoric ester groups is 1. The van der Waals surface area contributed by atoms with Crippen LogP contribution >= 0.6 is 7.82 Å². The molecule has 0 rings (SSSR count). The van der Waals surface area contributed by atoms with Gasteiger partial charge >= 0.3 is 11.9 Å². The number of quaternary nitrogens is 1. The summed E-state index contributed by atoms with van der Waals surface area (Å²) < 4.78 is 33.7. The van der Waals surface area contributed by atoms with Crippen molar-refractivity contribution >= 4 is 19.8 Å². The van der Waals surface area contributed by atoms with Crippen molar-refractivity contribution in [2.24, 2.45) is 0 Å². The molecule has 49 heavy (non-hydrogen) atoms. The van der Waals surface area contributed by atoms with Crippen molar-refractivity contribution < 1.29 is 42.1 Å². The van der Waals surface area contributed by atoms with Crippen LogP contribution in [0.2, 0.25) is 0 Å². The van der Waals surface area contributed by atoms with E-state index in [2.05, 4.69) is 13.8 Å². The Bertz CT molecular complexity index is 819. The topological polar surface area (TPSA) is 111 Å². The molecule has 0 saturated heterocycles. The molecule has 0 aromatic heterocycles. The van der Waals surface area contributed by atoms with Crippen molar-refractivity contribution in [1.82, 2.24) is 0 Å². The average Bonchev–Trinajstić information content (AvgIpc) is 3.04. The first-order valence-electron chi connectivity index (χ1n) is 20.2. The van der Waals surface area contributed by atoms with E-state index in [1.54, 1.807) is 0 Å². The lowest BCUT2D eigenvalue weighted by Crippen LogP contribution is -2.37. The van der Waals surface area contributed by atoms with Gasteiger partial charge in [-0.15, -0.1) is 0 Å². The van der Waals surface area contributed by atoms with Crippen LogP contribution < -0.4 is 4.89 Å². The van der Waals surface area contributed by atoms with Crippen molar-refractivity contribution in [2.45, 2.75) is 193 Å². The minimum Gasteiger partial charge on any atom is -0.756 e. The zero-order valence-corrected chi connectivity index (χ0v) is 33.6. The zero-order valence-electron chi connectivity index (χ0n) is 32.7. The van der Waals surface area contributed by atoms with Gasteiger partial charge in [-0.2, -0.15) is 0 Å². The first-order valence-corrected chi connectivity index (χ1v) is 21.7. The molecule has 0 aromatic rings. The van der Waals surface area contributed by atoms with E-state index < -0.39 is 26.5 Å². The minimum absolute atomic E-state index is 0.0264. The van der Waals surface area contributed by atoms with Gasteiger partial charge in [-0.25, -0.2) is 0 Å². The van der Waals surface area contributed by atoms with Crippen LogP contribution in [-0.2, 0) is 32.7 Å². The zero-order chi connectivity index (χ0) is 36.5. The van der Waals surface area contributed by atoms with Gasteiger partial charge in [0.05, 0.1) is 27.7 Å². The van der Waals surface area contributed by atoms with Crippen LogP contribution in [0.15, 0.2) is 0 Å². The van der Waals surface area contributed by atoms with Crippen molar-refractivity contribution in [1.29, 1.82) is 0 Å². The number of likely N-dealkylation sites (N-methyl/N-ethyl adjacent to an activating group) is 1. The lowest BCUT2D eigenvalue weighted by Gasteiger charge is -2.28. The maximum absolute atomic E-state index is 12.5. The fourth-order valence-corrected chi connectivity index (χ4v) is 6.38. The van der Waals surface area contributed by atoms with Crippen molar-refractivity contribution in [2.75, 3.05) is 47.5 Å². The lowest BCUT2D eigenvalue weighted by molar-refractivity contribution is -0.870. The summed E-state index contributed by atoms with van der Waals surface area (Å²) >= 11 is 0. The van der Waals surface area contributed by atoms with Gasteiger partial charge in [-0.3, -0.25) is 14.2 Å². The molecule has 10 heteroatoms. The van der Waals surface area contributed by atoms with E-state index in [4.69, 9.17) is 18.5 Å². The fourth-order valence-electron chi connectivity index (χ4n) is 5.65. The van der Waals surface area contributed by atoms with Gasteiger partial charge < -0.3 is 27.9 Å². The number of carbonyl (C=O) groups is 2. The number of rotatable bonds is 37. The maximum Gasteiger partial charge on any atom is 0.306 e. The molecule has 0 aliphatic rings. The Kier molecular flexibility index (Phi) is 32.2. The Morgan fingerprint density at radius 2 is 0.918 bits per heavy atom. The molecule has 292 valence electrons. The van der Waals surface area contributed by atoms with Crippen molar-refractivity contribution in [3.05, 3.63) is 0 Å². The van der Waals surface area contributed by atoms with Crippen LogP contribution in [0.4, 0.5) is 0 Å². The number of phosphoric acid groups is 1. The lowest BCUT2D eigenvalue weighted by atomic mass is 10.0. The highest BCUT2D eigenvalue weighted by Gasteiger charge is 2.21. The number of esters is 2. The number of carbonyl (C=O) groups excluding carboxylic acids is 2.